The zero-order chi connectivity index (χ0) is 21.3. The zero-order valence-corrected chi connectivity index (χ0v) is 18.0. The molecule has 156 valence electrons. The van der Waals surface area contributed by atoms with E-state index in [9.17, 15) is 14.4 Å². The van der Waals surface area contributed by atoms with Gasteiger partial charge in [0.1, 0.15) is 0 Å². The van der Waals surface area contributed by atoms with Crippen LogP contribution in [0.3, 0.4) is 0 Å². The van der Waals surface area contributed by atoms with E-state index in [0.29, 0.717) is 24.8 Å². The fraction of sp³-hybridized carbons (Fsp3) is 0.842. The van der Waals surface area contributed by atoms with E-state index in [-0.39, 0.29) is 18.4 Å². The molecule has 3 N–H and O–H groups in total. The summed E-state index contributed by atoms with van der Waals surface area (Å²) in [5, 5.41) is 8.29. The lowest BCUT2D eigenvalue weighted by molar-refractivity contribution is -0.138. The summed E-state index contributed by atoms with van der Waals surface area (Å²) < 4.78 is 0. The number of aliphatic carboxylic acids is 1. The topological polar surface area (TPSA) is 104 Å². The lowest BCUT2D eigenvalue weighted by atomic mass is 10.1. The van der Waals surface area contributed by atoms with Gasteiger partial charge in [-0.1, -0.05) is 34.1 Å². The molecule has 0 atom stereocenters. The van der Waals surface area contributed by atoms with E-state index in [1.54, 1.807) is 18.9 Å². The average molecular weight is 376 g/mol. The predicted octanol–water partition coefficient (Wildman–Crippen LogP) is 2.58. The SMILES string of the molecule is CC(C)N(C)CC(=O)O.CCC(N)=O.CCCCN(C)C(=O)CC(C)C. The Balaban J connectivity index is -0.000000333. The van der Waals surface area contributed by atoms with Crippen molar-refractivity contribution in [3.8, 4) is 0 Å². The van der Waals surface area contributed by atoms with Gasteiger partial charge in [0.2, 0.25) is 11.8 Å². The summed E-state index contributed by atoms with van der Waals surface area (Å²) in [6.07, 6.45) is 3.39. The minimum absolute atomic E-state index is 0.123. The molecular weight excluding hydrogens is 334 g/mol. The van der Waals surface area contributed by atoms with Gasteiger partial charge in [0.25, 0.3) is 0 Å². The molecule has 0 spiro atoms. The summed E-state index contributed by atoms with van der Waals surface area (Å²) in [5.41, 5.74) is 4.65. The standard InChI is InChI=1S/C10H21NO.C6H13NO2.C3H7NO/c1-5-6-7-11(4)10(12)8-9(2)3;1-5(2)7(3)4-6(8)9;1-2-3(4)5/h9H,5-8H2,1-4H3;5H,4H2,1-3H3,(H,8,9);2H2,1H3,(H2,4,5). The monoisotopic (exact) mass is 375 g/mol. The number of carbonyl (C=O) groups excluding carboxylic acids is 2. The highest BCUT2D eigenvalue weighted by Gasteiger charge is 2.09. The molecule has 7 heteroatoms. The molecule has 2 amide bonds. The van der Waals surface area contributed by atoms with Gasteiger partial charge in [-0.3, -0.25) is 19.3 Å². The van der Waals surface area contributed by atoms with Gasteiger partial charge >= 0.3 is 5.97 Å². The van der Waals surface area contributed by atoms with E-state index < -0.39 is 5.97 Å². The molecule has 0 aliphatic rings. The van der Waals surface area contributed by atoms with Gasteiger partial charge in [-0.05, 0) is 33.2 Å². The van der Waals surface area contributed by atoms with Gasteiger partial charge in [0.15, 0.2) is 0 Å². The third-order valence-corrected chi connectivity index (χ3v) is 3.47. The molecule has 0 fully saturated rings. The molecule has 7 nitrogen and oxygen atoms in total. The second-order valence-corrected chi connectivity index (χ2v) is 6.99. The molecule has 0 rings (SSSR count). The highest BCUT2D eigenvalue weighted by atomic mass is 16.4. The van der Waals surface area contributed by atoms with E-state index in [4.69, 9.17) is 5.11 Å². The maximum absolute atomic E-state index is 11.4. The van der Waals surface area contributed by atoms with Gasteiger partial charge in [0.05, 0.1) is 6.54 Å². The van der Waals surface area contributed by atoms with Gasteiger partial charge in [0, 0.05) is 32.5 Å². The fourth-order valence-corrected chi connectivity index (χ4v) is 1.42. The van der Waals surface area contributed by atoms with Crippen molar-refractivity contribution >= 4 is 17.8 Å². The predicted molar refractivity (Wildman–Crippen MR) is 107 cm³/mol. The second kappa shape index (κ2) is 18.2. The van der Waals surface area contributed by atoms with Crippen LogP contribution >= 0.6 is 0 Å². The molecule has 0 aromatic heterocycles. The zero-order valence-electron chi connectivity index (χ0n) is 18.0. The second-order valence-electron chi connectivity index (χ2n) is 6.99. The van der Waals surface area contributed by atoms with Gasteiger partial charge in [-0.15, -0.1) is 0 Å². The summed E-state index contributed by atoms with van der Waals surface area (Å²) in [4.78, 5) is 34.7. The first kappa shape index (κ1) is 29.1. The molecule has 0 saturated heterocycles. The van der Waals surface area contributed by atoms with Crippen molar-refractivity contribution in [2.75, 3.05) is 27.2 Å². The molecule has 0 saturated carbocycles. The largest absolute Gasteiger partial charge is 0.480 e. The van der Waals surface area contributed by atoms with Crippen molar-refractivity contribution in [1.29, 1.82) is 0 Å². The fourth-order valence-electron chi connectivity index (χ4n) is 1.42. The van der Waals surface area contributed by atoms with Gasteiger partial charge < -0.3 is 15.7 Å². The van der Waals surface area contributed by atoms with Crippen LogP contribution in [0.2, 0.25) is 0 Å². The number of amides is 2. The van der Waals surface area contributed by atoms with Crippen LogP contribution in [0.1, 0.15) is 67.2 Å². The number of carboxylic acid groups (broad SMARTS) is 1. The molecule has 0 radical (unpaired) electrons. The lowest BCUT2D eigenvalue weighted by Crippen LogP contribution is -2.31. The third kappa shape index (κ3) is 24.6. The van der Waals surface area contributed by atoms with Crippen LogP contribution in [0, 0.1) is 5.92 Å². The first-order valence-corrected chi connectivity index (χ1v) is 9.33. The molecule has 0 aliphatic carbocycles. The smallest absolute Gasteiger partial charge is 0.317 e. The summed E-state index contributed by atoms with van der Waals surface area (Å²) in [5.74, 6) is -0.267. The Morgan fingerprint density at radius 1 is 1.04 bits per heavy atom. The Labute approximate surface area is 159 Å². The van der Waals surface area contributed by atoms with Crippen LogP contribution in [0.5, 0.6) is 0 Å². The number of carbonyl (C=O) groups is 3. The number of primary amides is 1. The summed E-state index contributed by atoms with van der Waals surface area (Å²) in [6.45, 7) is 13.0. The molecule has 0 heterocycles. The number of nitrogens with two attached hydrogens (primary N) is 1. The maximum atomic E-state index is 11.4. The highest BCUT2D eigenvalue weighted by molar-refractivity contribution is 5.76. The van der Waals surface area contributed by atoms with Crippen molar-refractivity contribution in [1.82, 2.24) is 9.80 Å². The number of rotatable bonds is 9. The van der Waals surface area contributed by atoms with E-state index in [1.165, 1.54) is 0 Å². The van der Waals surface area contributed by atoms with Crippen molar-refractivity contribution in [2.45, 2.75) is 73.3 Å². The normalized spacial score (nSPS) is 9.96. The Morgan fingerprint density at radius 2 is 1.50 bits per heavy atom. The number of unbranched alkanes of at least 4 members (excludes halogenated alkanes) is 1. The summed E-state index contributed by atoms with van der Waals surface area (Å²) in [6, 6.07) is 0.307. The summed E-state index contributed by atoms with van der Waals surface area (Å²) >= 11 is 0. The molecule has 0 unspecified atom stereocenters. The van der Waals surface area contributed by atoms with E-state index in [2.05, 4.69) is 26.5 Å². The third-order valence-electron chi connectivity index (χ3n) is 3.47. The Kier molecular flexibility index (Phi) is 20.4. The highest BCUT2D eigenvalue weighted by Crippen LogP contribution is 2.03. The number of likely N-dealkylation sites (N-methyl/N-ethyl adjacent to an activating group) is 1. The van der Waals surface area contributed by atoms with Crippen molar-refractivity contribution < 1.29 is 19.5 Å². The Morgan fingerprint density at radius 3 is 1.73 bits per heavy atom. The van der Waals surface area contributed by atoms with E-state index in [1.807, 2.05) is 25.8 Å². The van der Waals surface area contributed by atoms with Crippen molar-refractivity contribution in [3.63, 3.8) is 0 Å². The number of hydrogen-bond acceptors (Lipinski definition) is 4. The lowest BCUT2D eigenvalue weighted by Gasteiger charge is -2.17. The average Bonchev–Trinajstić information content (AvgIpc) is 2.52. The first-order valence-electron chi connectivity index (χ1n) is 9.33. The van der Waals surface area contributed by atoms with Gasteiger partial charge in [-0.2, -0.15) is 0 Å². The maximum Gasteiger partial charge on any atom is 0.317 e. The van der Waals surface area contributed by atoms with Crippen molar-refractivity contribution in [2.24, 2.45) is 11.7 Å². The van der Waals surface area contributed by atoms with Gasteiger partial charge in [-0.25, -0.2) is 0 Å². The molecule has 0 aromatic carbocycles. The molecular formula is C19H41N3O4. The number of carboxylic acids is 1. The van der Waals surface area contributed by atoms with E-state index >= 15 is 0 Å². The quantitative estimate of drug-likeness (QED) is 0.644. The first-order chi connectivity index (χ1) is 11.9. The number of nitrogens with zero attached hydrogens (tertiary/aromatic N) is 2. The van der Waals surface area contributed by atoms with Crippen LogP contribution in [0.25, 0.3) is 0 Å². The summed E-state index contributed by atoms with van der Waals surface area (Å²) in [7, 11) is 3.68. The van der Waals surface area contributed by atoms with Crippen LogP contribution in [0.15, 0.2) is 0 Å². The van der Waals surface area contributed by atoms with Crippen LogP contribution in [-0.2, 0) is 14.4 Å². The van der Waals surface area contributed by atoms with Crippen LogP contribution in [0.4, 0.5) is 0 Å². The molecule has 26 heavy (non-hydrogen) atoms. The Bertz CT molecular complexity index is 385. The minimum Gasteiger partial charge on any atom is -0.480 e. The number of hydrogen-bond donors (Lipinski definition) is 2. The van der Waals surface area contributed by atoms with Crippen LogP contribution in [-0.4, -0.2) is 65.9 Å². The molecule has 0 aliphatic heterocycles. The van der Waals surface area contributed by atoms with Crippen molar-refractivity contribution in [3.05, 3.63) is 0 Å². The molecule has 0 bridgehead atoms. The Hall–Kier alpha value is -1.63. The minimum atomic E-state index is -0.772. The van der Waals surface area contributed by atoms with Crippen LogP contribution < -0.4 is 5.73 Å². The van der Waals surface area contributed by atoms with E-state index in [0.717, 1.165) is 19.4 Å². The molecule has 0 aromatic rings.